The van der Waals surface area contributed by atoms with Gasteiger partial charge in [-0.25, -0.2) is 0 Å². The van der Waals surface area contributed by atoms with Crippen LogP contribution in [0.25, 0.3) is 0 Å². The van der Waals surface area contributed by atoms with E-state index in [0.717, 1.165) is 29.3 Å². The predicted molar refractivity (Wildman–Crippen MR) is 76.6 cm³/mol. The zero-order chi connectivity index (χ0) is 13.1. The van der Waals surface area contributed by atoms with Crippen molar-refractivity contribution in [3.63, 3.8) is 0 Å². The summed E-state index contributed by atoms with van der Waals surface area (Å²) in [7, 11) is 0. The molecule has 0 aliphatic heterocycles. The number of carbonyl (C=O) groups excluding carboxylic acids is 1. The standard InChI is InChI=1S/C14H19BrN2O/c1-9-5-4-6-10(13(9)15)14(18)17-12-8-3-2-7-11(12)16/h4-6,11-12H,2-3,7-8,16H2,1H3,(H,17,18)/t11-,12-/m1/s1. The molecule has 1 fully saturated rings. The summed E-state index contributed by atoms with van der Waals surface area (Å²) in [6.07, 6.45) is 4.30. The summed E-state index contributed by atoms with van der Waals surface area (Å²) in [6, 6.07) is 5.91. The van der Waals surface area contributed by atoms with E-state index in [-0.39, 0.29) is 18.0 Å². The molecule has 3 nitrogen and oxygen atoms in total. The molecule has 0 radical (unpaired) electrons. The number of hydrogen-bond donors (Lipinski definition) is 2. The molecule has 1 aliphatic rings. The van der Waals surface area contributed by atoms with Crippen molar-refractivity contribution in [1.82, 2.24) is 5.32 Å². The van der Waals surface area contributed by atoms with Crippen LogP contribution in [0, 0.1) is 6.92 Å². The molecule has 3 N–H and O–H groups in total. The van der Waals surface area contributed by atoms with Gasteiger partial charge in [0, 0.05) is 16.6 Å². The van der Waals surface area contributed by atoms with Crippen LogP contribution in [-0.4, -0.2) is 18.0 Å². The smallest absolute Gasteiger partial charge is 0.252 e. The van der Waals surface area contributed by atoms with Crippen molar-refractivity contribution in [2.45, 2.75) is 44.7 Å². The first-order valence-corrected chi connectivity index (χ1v) is 7.20. The molecule has 0 saturated heterocycles. The lowest BCUT2D eigenvalue weighted by molar-refractivity contribution is 0.0920. The largest absolute Gasteiger partial charge is 0.348 e. The molecule has 1 aromatic rings. The molecule has 2 atom stereocenters. The summed E-state index contributed by atoms with van der Waals surface area (Å²) in [6.45, 7) is 1.98. The van der Waals surface area contributed by atoms with Crippen molar-refractivity contribution >= 4 is 21.8 Å². The van der Waals surface area contributed by atoms with Crippen LogP contribution in [0.4, 0.5) is 0 Å². The van der Waals surface area contributed by atoms with Gasteiger partial charge in [0.1, 0.15) is 0 Å². The van der Waals surface area contributed by atoms with Gasteiger partial charge in [-0.3, -0.25) is 4.79 Å². The predicted octanol–water partition coefficient (Wildman–Crippen LogP) is 2.76. The van der Waals surface area contributed by atoms with Gasteiger partial charge in [0.2, 0.25) is 0 Å². The number of nitrogens with one attached hydrogen (secondary N) is 1. The van der Waals surface area contributed by atoms with Gasteiger partial charge in [-0.2, -0.15) is 0 Å². The molecule has 18 heavy (non-hydrogen) atoms. The number of amides is 1. The third kappa shape index (κ3) is 2.93. The first-order chi connectivity index (χ1) is 8.59. The Bertz CT molecular complexity index is 447. The molecular formula is C14H19BrN2O. The number of hydrogen-bond acceptors (Lipinski definition) is 2. The number of benzene rings is 1. The number of rotatable bonds is 2. The molecule has 0 unspecified atom stereocenters. The highest BCUT2D eigenvalue weighted by molar-refractivity contribution is 9.10. The Morgan fingerprint density at radius 1 is 1.39 bits per heavy atom. The van der Waals surface area contributed by atoms with Crippen molar-refractivity contribution in [2.75, 3.05) is 0 Å². The van der Waals surface area contributed by atoms with E-state index in [4.69, 9.17) is 5.73 Å². The highest BCUT2D eigenvalue weighted by atomic mass is 79.9. The van der Waals surface area contributed by atoms with Crippen molar-refractivity contribution in [3.8, 4) is 0 Å². The van der Waals surface area contributed by atoms with E-state index in [9.17, 15) is 4.79 Å². The second-order valence-electron chi connectivity index (χ2n) is 4.96. The molecule has 1 aliphatic carbocycles. The molecule has 0 aromatic heterocycles. The minimum absolute atomic E-state index is 0.0343. The van der Waals surface area contributed by atoms with Gasteiger partial charge >= 0.3 is 0 Å². The van der Waals surface area contributed by atoms with Crippen molar-refractivity contribution < 1.29 is 4.79 Å². The van der Waals surface area contributed by atoms with Crippen molar-refractivity contribution in [2.24, 2.45) is 5.73 Å². The summed E-state index contributed by atoms with van der Waals surface area (Å²) < 4.78 is 0.867. The Morgan fingerprint density at radius 2 is 2.11 bits per heavy atom. The third-order valence-corrected chi connectivity index (χ3v) is 4.62. The molecule has 1 saturated carbocycles. The fraction of sp³-hybridized carbons (Fsp3) is 0.500. The van der Waals surface area contributed by atoms with Crippen LogP contribution < -0.4 is 11.1 Å². The third-order valence-electron chi connectivity index (χ3n) is 3.57. The van der Waals surface area contributed by atoms with E-state index >= 15 is 0 Å². The SMILES string of the molecule is Cc1cccc(C(=O)N[C@@H]2CCCC[C@H]2N)c1Br. The molecule has 1 aromatic carbocycles. The average Bonchev–Trinajstić information content (AvgIpc) is 2.35. The molecule has 0 heterocycles. The molecule has 0 spiro atoms. The Hall–Kier alpha value is -0.870. The highest BCUT2D eigenvalue weighted by Gasteiger charge is 2.24. The zero-order valence-corrected chi connectivity index (χ0v) is 12.2. The van der Waals surface area contributed by atoms with Gasteiger partial charge < -0.3 is 11.1 Å². The molecule has 98 valence electrons. The number of halogens is 1. The maximum Gasteiger partial charge on any atom is 0.252 e. The molecule has 4 heteroatoms. The molecule has 1 amide bonds. The van der Waals surface area contributed by atoms with Crippen LogP contribution in [0.3, 0.4) is 0 Å². The maximum absolute atomic E-state index is 12.2. The minimum Gasteiger partial charge on any atom is -0.348 e. The van der Waals surface area contributed by atoms with Crippen molar-refractivity contribution in [1.29, 1.82) is 0 Å². The Kier molecular flexibility index (Phi) is 4.40. The second kappa shape index (κ2) is 5.85. The summed E-state index contributed by atoms with van der Waals surface area (Å²) in [5.74, 6) is -0.0343. The summed E-state index contributed by atoms with van der Waals surface area (Å²) in [5, 5.41) is 3.06. The maximum atomic E-state index is 12.2. The van der Waals surface area contributed by atoms with E-state index in [1.54, 1.807) is 0 Å². The first-order valence-electron chi connectivity index (χ1n) is 6.41. The monoisotopic (exact) mass is 310 g/mol. The summed E-state index contributed by atoms with van der Waals surface area (Å²) in [4.78, 5) is 12.2. The van der Waals surface area contributed by atoms with Gasteiger partial charge in [-0.1, -0.05) is 25.0 Å². The normalized spacial score (nSPS) is 23.7. The lowest BCUT2D eigenvalue weighted by Gasteiger charge is -2.29. The summed E-state index contributed by atoms with van der Waals surface area (Å²) >= 11 is 3.47. The summed E-state index contributed by atoms with van der Waals surface area (Å²) in [5.41, 5.74) is 7.80. The average molecular weight is 311 g/mol. The topological polar surface area (TPSA) is 55.1 Å². The van der Waals surface area contributed by atoms with Gasteiger partial charge in [-0.15, -0.1) is 0 Å². The van der Waals surface area contributed by atoms with Crippen molar-refractivity contribution in [3.05, 3.63) is 33.8 Å². The lowest BCUT2D eigenvalue weighted by atomic mass is 9.91. The minimum atomic E-state index is -0.0343. The Balaban J connectivity index is 2.09. The highest BCUT2D eigenvalue weighted by Crippen LogP contribution is 2.22. The van der Waals surface area contributed by atoms with Crippen LogP contribution in [-0.2, 0) is 0 Å². The quantitative estimate of drug-likeness (QED) is 0.882. The molecule has 2 rings (SSSR count). The molecule has 0 bridgehead atoms. The number of nitrogens with two attached hydrogens (primary N) is 1. The zero-order valence-electron chi connectivity index (χ0n) is 10.6. The number of aryl methyl sites for hydroxylation is 1. The van der Waals surface area contributed by atoms with Crippen LogP contribution in [0.1, 0.15) is 41.6 Å². The van der Waals surface area contributed by atoms with Crippen LogP contribution >= 0.6 is 15.9 Å². The van der Waals surface area contributed by atoms with Crippen LogP contribution in [0.5, 0.6) is 0 Å². The van der Waals surface area contributed by atoms with Gasteiger partial charge in [0.15, 0.2) is 0 Å². The van der Waals surface area contributed by atoms with E-state index in [1.807, 2.05) is 25.1 Å². The Labute approximate surface area is 116 Å². The number of carbonyl (C=O) groups is 1. The molecular weight excluding hydrogens is 292 g/mol. The lowest BCUT2D eigenvalue weighted by Crippen LogP contribution is -2.49. The second-order valence-corrected chi connectivity index (χ2v) is 5.76. The van der Waals surface area contributed by atoms with Gasteiger partial charge in [0.25, 0.3) is 5.91 Å². The fourth-order valence-electron chi connectivity index (χ4n) is 2.41. The van der Waals surface area contributed by atoms with Crippen LogP contribution in [0.15, 0.2) is 22.7 Å². The van der Waals surface area contributed by atoms with Gasteiger partial charge in [-0.05, 0) is 47.3 Å². The van der Waals surface area contributed by atoms with E-state index in [0.29, 0.717) is 5.56 Å². The van der Waals surface area contributed by atoms with Gasteiger partial charge in [0.05, 0.1) is 5.56 Å². The van der Waals surface area contributed by atoms with E-state index in [1.165, 1.54) is 6.42 Å². The van der Waals surface area contributed by atoms with E-state index in [2.05, 4.69) is 21.2 Å². The Morgan fingerprint density at radius 3 is 2.83 bits per heavy atom. The first kappa shape index (κ1) is 13.6. The van der Waals surface area contributed by atoms with E-state index < -0.39 is 0 Å². The van der Waals surface area contributed by atoms with Crippen LogP contribution in [0.2, 0.25) is 0 Å². The fourth-order valence-corrected chi connectivity index (χ4v) is 2.85.